The molecular weight excluding hydrogens is 94.0 g/mol. The summed E-state index contributed by atoms with van der Waals surface area (Å²) in [6, 6.07) is 1.77. The molecule has 7 heavy (non-hydrogen) atoms. The van der Waals surface area contributed by atoms with Crippen molar-refractivity contribution in [1.29, 1.82) is 5.26 Å². The van der Waals surface area contributed by atoms with Crippen LogP contribution >= 0.6 is 0 Å². The van der Waals surface area contributed by atoms with Gasteiger partial charge < -0.3 is 9.84 Å². The lowest BCUT2D eigenvalue weighted by Crippen LogP contribution is -1.97. The Labute approximate surface area is 42.1 Å². The summed E-state index contributed by atoms with van der Waals surface area (Å²) in [7, 11) is 0. The van der Waals surface area contributed by atoms with E-state index in [0.717, 1.165) is 0 Å². The molecule has 0 bridgehead atoms. The van der Waals surface area contributed by atoms with Crippen molar-refractivity contribution in [3.63, 3.8) is 0 Å². The van der Waals surface area contributed by atoms with Crippen molar-refractivity contribution in [2.45, 2.75) is 0 Å². The lowest BCUT2D eigenvalue weighted by Gasteiger charge is -1.89. The molecule has 0 aliphatic heterocycles. The summed E-state index contributed by atoms with van der Waals surface area (Å²) in [5.41, 5.74) is 0. The average Bonchev–Trinajstić information content (AvgIpc) is 1.69. The van der Waals surface area contributed by atoms with Crippen molar-refractivity contribution in [3.8, 4) is 6.07 Å². The molecule has 0 aliphatic rings. The maximum absolute atomic E-state index is 8.06. The number of hydrogen-bond acceptors (Lipinski definition) is 3. The SMILES string of the molecule is N#CCOCCO. The van der Waals surface area contributed by atoms with E-state index in [1.807, 2.05) is 0 Å². The van der Waals surface area contributed by atoms with Crippen LogP contribution in [-0.2, 0) is 4.74 Å². The van der Waals surface area contributed by atoms with Crippen LogP contribution in [0.4, 0.5) is 0 Å². The van der Waals surface area contributed by atoms with Crippen molar-refractivity contribution in [2.75, 3.05) is 19.8 Å². The van der Waals surface area contributed by atoms with Gasteiger partial charge in [0.2, 0.25) is 0 Å². The average molecular weight is 101 g/mol. The van der Waals surface area contributed by atoms with Crippen molar-refractivity contribution in [1.82, 2.24) is 0 Å². The van der Waals surface area contributed by atoms with Crippen LogP contribution in [0.3, 0.4) is 0 Å². The van der Waals surface area contributed by atoms with Crippen LogP contribution in [0.1, 0.15) is 0 Å². The molecule has 0 atom stereocenters. The lowest BCUT2D eigenvalue weighted by atomic mass is 10.7. The second-order valence-electron chi connectivity index (χ2n) is 0.934. The summed E-state index contributed by atoms with van der Waals surface area (Å²) < 4.78 is 4.52. The number of nitrogens with zero attached hydrogens (tertiary/aromatic N) is 1. The Bertz CT molecular complexity index is 66.6. The highest BCUT2D eigenvalue weighted by Gasteiger charge is 1.78. The molecule has 0 radical (unpaired) electrons. The number of nitriles is 1. The lowest BCUT2D eigenvalue weighted by molar-refractivity contribution is 0.114. The molecule has 1 N–H and O–H groups in total. The number of aliphatic hydroxyl groups excluding tert-OH is 1. The number of ether oxygens (including phenoxy) is 1. The van der Waals surface area contributed by atoms with Crippen LogP contribution < -0.4 is 0 Å². The molecule has 0 aromatic heterocycles. The molecule has 0 aromatic rings. The third-order valence-corrected chi connectivity index (χ3v) is 0.402. The van der Waals surface area contributed by atoms with E-state index < -0.39 is 0 Å². The van der Waals surface area contributed by atoms with Crippen LogP contribution in [0.2, 0.25) is 0 Å². The smallest absolute Gasteiger partial charge is 0.133 e. The fourth-order valence-electron chi connectivity index (χ4n) is 0.182. The van der Waals surface area contributed by atoms with Gasteiger partial charge in [0.1, 0.15) is 6.61 Å². The number of aliphatic hydroxyl groups is 1. The molecule has 0 rings (SSSR count). The minimum Gasteiger partial charge on any atom is -0.394 e. The predicted molar refractivity (Wildman–Crippen MR) is 23.5 cm³/mol. The van der Waals surface area contributed by atoms with Gasteiger partial charge in [0.15, 0.2) is 0 Å². The maximum atomic E-state index is 8.06. The van der Waals surface area contributed by atoms with Crippen LogP contribution in [0.5, 0.6) is 0 Å². The zero-order valence-electron chi connectivity index (χ0n) is 3.92. The monoisotopic (exact) mass is 101 g/mol. The summed E-state index contributed by atoms with van der Waals surface area (Å²) in [6.45, 7) is 0.315. The van der Waals surface area contributed by atoms with E-state index in [1.54, 1.807) is 6.07 Å². The number of hydrogen-bond donors (Lipinski definition) is 1. The molecule has 0 amide bonds. The fourth-order valence-corrected chi connectivity index (χ4v) is 0.182. The normalized spacial score (nSPS) is 8.00. The van der Waals surface area contributed by atoms with Crippen LogP contribution in [-0.4, -0.2) is 24.9 Å². The minimum absolute atomic E-state index is 0.0122. The summed E-state index contributed by atoms with van der Waals surface area (Å²) >= 11 is 0. The van der Waals surface area contributed by atoms with Gasteiger partial charge in [0.05, 0.1) is 19.3 Å². The zero-order valence-corrected chi connectivity index (χ0v) is 3.92. The molecule has 0 saturated heterocycles. The molecule has 0 heterocycles. The first-order chi connectivity index (χ1) is 3.41. The Hall–Kier alpha value is -0.590. The minimum atomic E-state index is -0.0122. The summed E-state index contributed by atoms with van der Waals surface area (Å²) in [6.07, 6.45) is 0. The Balaban J connectivity index is 2.60. The van der Waals surface area contributed by atoms with E-state index >= 15 is 0 Å². The first kappa shape index (κ1) is 6.41. The van der Waals surface area contributed by atoms with Gasteiger partial charge in [0.25, 0.3) is 0 Å². The zero-order chi connectivity index (χ0) is 5.54. The largest absolute Gasteiger partial charge is 0.394 e. The van der Waals surface area contributed by atoms with Gasteiger partial charge >= 0.3 is 0 Å². The van der Waals surface area contributed by atoms with Gasteiger partial charge in [-0.15, -0.1) is 0 Å². The maximum Gasteiger partial charge on any atom is 0.133 e. The molecule has 0 saturated carbocycles. The first-order valence-corrected chi connectivity index (χ1v) is 1.97. The standard InChI is InChI=1S/C4H7NO2/c5-1-3-7-4-2-6/h6H,2-4H2. The van der Waals surface area contributed by atoms with Gasteiger partial charge in [-0.2, -0.15) is 5.26 Å². The third-order valence-electron chi connectivity index (χ3n) is 0.402. The quantitative estimate of drug-likeness (QED) is 0.488. The Morgan fingerprint density at radius 2 is 2.43 bits per heavy atom. The van der Waals surface area contributed by atoms with E-state index in [0.29, 0.717) is 0 Å². The van der Waals surface area contributed by atoms with Crippen LogP contribution in [0.15, 0.2) is 0 Å². The van der Waals surface area contributed by atoms with E-state index in [4.69, 9.17) is 10.4 Å². The Kier molecular flexibility index (Phi) is 4.95. The van der Waals surface area contributed by atoms with Gasteiger partial charge in [-0.1, -0.05) is 0 Å². The molecule has 0 aliphatic carbocycles. The molecule has 0 aromatic carbocycles. The highest BCUT2D eigenvalue weighted by molar-refractivity contribution is 4.65. The molecule has 40 valence electrons. The van der Waals surface area contributed by atoms with Gasteiger partial charge in [-0.25, -0.2) is 0 Å². The fraction of sp³-hybridized carbons (Fsp3) is 0.750. The second kappa shape index (κ2) is 5.41. The van der Waals surface area contributed by atoms with Crippen molar-refractivity contribution < 1.29 is 9.84 Å². The van der Waals surface area contributed by atoms with Crippen molar-refractivity contribution >= 4 is 0 Å². The molecule has 0 spiro atoms. The third kappa shape index (κ3) is 5.41. The summed E-state index contributed by atoms with van der Waals surface area (Å²) in [5, 5.41) is 15.9. The van der Waals surface area contributed by atoms with E-state index in [1.165, 1.54) is 0 Å². The molecule has 3 heteroatoms. The van der Waals surface area contributed by atoms with Gasteiger partial charge in [-0.3, -0.25) is 0 Å². The molecule has 3 nitrogen and oxygen atoms in total. The van der Waals surface area contributed by atoms with Gasteiger partial charge in [-0.05, 0) is 0 Å². The second-order valence-corrected chi connectivity index (χ2v) is 0.934. The summed E-state index contributed by atoms with van der Waals surface area (Å²) in [4.78, 5) is 0. The van der Waals surface area contributed by atoms with E-state index in [9.17, 15) is 0 Å². The van der Waals surface area contributed by atoms with Crippen molar-refractivity contribution in [2.24, 2.45) is 0 Å². The van der Waals surface area contributed by atoms with Crippen LogP contribution in [0, 0.1) is 11.3 Å². The predicted octanol–water partition coefficient (Wildman–Crippen LogP) is -0.481. The Morgan fingerprint density at radius 1 is 1.71 bits per heavy atom. The molecular formula is C4H7NO2. The van der Waals surface area contributed by atoms with E-state index in [-0.39, 0.29) is 19.8 Å². The topological polar surface area (TPSA) is 53.2 Å². The Morgan fingerprint density at radius 3 is 2.86 bits per heavy atom. The van der Waals surface area contributed by atoms with Crippen LogP contribution in [0.25, 0.3) is 0 Å². The van der Waals surface area contributed by atoms with Gasteiger partial charge in [0, 0.05) is 0 Å². The number of rotatable bonds is 3. The summed E-state index contributed by atoms with van der Waals surface area (Å²) in [5.74, 6) is 0. The highest BCUT2D eigenvalue weighted by Crippen LogP contribution is 1.67. The molecule has 0 fully saturated rings. The van der Waals surface area contributed by atoms with Crippen molar-refractivity contribution in [3.05, 3.63) is 0 Å². The van der Waals surface area contributed by atoms with E-state index in [2.05, 4.69) is 4.74 Å². The highest BCUT2D eigenvalue weighted by atomic mass is 16.5. The molecule has 0 unspecified atom stereocenters. The first-order valence-electron chi connectivity index (χ1n) is 1.97.